The number of halogens is 1. The van der Waals surface area contributed by atoms with Gasteiger partial charge >= 0.3 is 5.97 Å². The molecule has 2 amide bonds. The second kappa shape index (κ2) is 5.50. The Morgan fingerprint density at radius 1 is 1.40 bits per heavy atom. The summed E-state index contributed by atoms with van der Waals surface area (Å²) in [6.07, 6.45) is 0. The first-order valence-corrected chi connectivity index (χ1v) is 6.34. The van der Waals surface area contributed by atoms with E-state index in [9.17, 15) is 14.4 Å². The van der Waals surface area contributed by atoms with Gasteiger partial charge in [0.2, 0.25) is 5.91 Å². The number of piperazine rings is 1. The van der Waals surface area contributed by atoms with E-state index in [1.54, 1.807) is 19.1 Å². The highest BCUT2D eigenvalue weighted by molar-refractivity contribution is 6.31. The van der Waals surface area contributed by atoms with Crippen LogP contribution in [-0.2, 0) is 9.59 Å². The lowest BCUT2D eigenvalue weighted by atomic mass is 10.1. The van der Waals surface area contributed by atoms with E-state index >= 15 is 0 Å². The molecule has 1 atom stereocenters. The fraction of sp³-hybridized carbons (Fsp3) is 0.308. The van der Waals surface area contributed by atoms with E-state index in [1.165, 1.54) is 6.07 Å². The van der Waals surface area contributed by atoms with Crippen LogP contribution in [0.5, 0.6) is 0 Å². The lowest BCUT2D eigenvalue weighted by Gasteiger charge is -2.32. The number of aliphatic carboxylic acids is 1. The molecule has 1 aliphatic rings. The van der Waals surface area contributed by atoms with Crippen LogP contribution in [0.1, 0.15) is 15.9 Å². The van der Waals surface area contributed by atoms with Crippen molar-refractivity contribution < 1.29 is 19.5 Å². The summed E-state index contributed by atoms with van der Waals surface area (Å²) < 4.78 is 0. The molecule has 20 heavy (non-hydrogen) atoms. The van der Waals surface area contributed by atoms with E-state index in [2.05, 4.69) is 5.32 Å². The Balaban J connectivity index is 2.33. The van der Waals surface area contributed by atoms with Crippen LogP contribution in [0.3, 0.4) is 0 Å². The number of aryl methyl sites for hydroxylation is 1. The molecular formula is C13H13ClN2O4. The van der Waals surface area contributed by atoms with Crippen molar-refractivity contribution in [1.29, 1.82) is 0 Å². The fourth-order valence-electron chi connectivity index (χ4n) is 2.10. The van der Waals surface area contributed by atoms with Crippen LogP contribution < -0.4 is 5.32 Å². The molecule has 0 aromatic heterocycles. The van der Waals surface area contributed by atoms with Crippen LogP contribution in [0.4, 0.5) is 0 Å². The molecule has 1 heterocycles. The minimum atomic E-state index is -1.16. The monoisotopic (exact) mass is 296 g/mol. The largest absolute Gasteiger partial charge is 0.480 e. The molecular weight excluding hydrogens is 284 g/mol. The first-order valence-electron chi connectivity index (χ1n) is 5.96. The van der Waals surface area contributed by atoms with Crippen molar-refractivity contribution in [1.82, 2.24) is 10.2 Å². The summed E-state index contributed by atoms with van der Waals surface area (Å²) in [5.41, 5.74) is 1.06. The Labute approximate surface area is 120 Å². The third kappa shape index (κ3) is 2.91. The maximum Gasteiger partial charge on any atom is 0.328 e. The van der Waals surface area contributed by atoms with Gasteiger partial charge in [-0.1, -0.05) is 11.6 Å². The van der Waals surface area contributed by atoms with Crippen molar-refractivity contribution in [3.8, 4) is 0 Å². The molecule has 0 bridgehead atoms. The second-order valence-corrected chi connectivity index (χ2v) is 5.04. The molecule has 1 unspecified atom stereocenters. The summed E-state index contributed by atoms with van der Waals surface area (Å²) in [6, 6.07) is 3.69. The van der Waals surface area contributed by atoms with Gasteiger partial charge in [-0.15, -0.1) is 0 Å². The zero-order valence-electron chi connectivity index (χ0n) is 10.7. The van der Waals surface area contributed by atoms with Crippen LogP contribution in [-0.4, -0.2) is 46.9 Å². The van der Waals surface area contributed by atoms with E-state index in [-0.39, 0.29) is 24.6 Å². The minimum Gasteiger partial charge on any atom is -0.480 e. The molecule has 0 spiro atoms. The SMILES string of the molecule is Cc1cc(Cl)cc(C(=O)N2CC(=O)NCC2C(=O)O)c1. The number of nitrogens with one attached hydrogen (secondary N) is 1. The molecule has 6 nitrogen and oxygen atoms in total. The lowest BCUT2D eigenvalue weighted by Crippen LogP contribution is -2.59. The van der Waals surface area contributed by atoms with Gasteiger partial charge in [-0.3, -0.25) is 9.59 Å². The normalized spacial score (nSPS) is 18.6. The molecule has 1 fully saturated rings. The molecule has 0 radical (unpaired) electrons. The average Bonchev–Trinajstić information content (AvgIpc) is 2.36. The number of rotatable bonds is 2. The summed E-state index contributed by atoms with van der Waals surface area (Å²) in [7, 11) is 0. The quantitative estimate of drug-likeness (QED) is 0.840. The van der Waals surface area contributed by atoms with Crippen molar-refractivity contribution in [3.05, 3.63) is 34.3 Å². The Morgan fingerprint density at radius 2 is 2.10 bits per heavy atom. The summed E-state index contributed by atoms with van der Waals surface area (Å²) in [5, 5.41) is 12.0. The average molecular weight is 297 g/mol. The van der Waals surface area contributed by atoms with Crippen LogP contribution in [0.15, 0.2) is 18.2 Å². The van der Waals surface area contributed by atoms with Crippen LogP contribution in [0.2, 0.25) is 5.02 Å². The van der Waals surface area contributed by atoms with Gasteiger partial charge in [0.15, 0.2) is 0 Å². The third-order valence-corrected chi connectivity index (χ3v) is 3.24. The van der Waals surface area contributed by atoms with Crippen LogP contribution in [0, 0.1) is 6.92 Å². The van der Waals surface area contributed by atoms with Crippen molar-refractivity contribution in [2.75, 3.05) is 13.1 Å². The van der Waals surface area contributed by atoms with E-state index in [4.69, 9.17) is 16.7 Å². The van der Waals surface area contributed by atoms with Gasteiger partial charge in [0.05, 0.1) is 0 Å². The third-order valence-electron chi connectivity index (χ3n) is 3.02. The first-order chi connectivity index (χ1) is 9.38. The molecule has 1 aromatic carbocycles. The van der Waals surface area contributed by atoms with Gasteiger partial charge in [0, 0.05) is 17.1 Å². The van der Waals surface area contributed by atoms with E-state index in [0.29, 0.717) is 5.02 Å². The number of amides is 2. The highest BCUT2D eigenvalue weighted by Gasteiger charge is 2.35. The number of benzene rings is 1. The fourth-order valence-corrected chi connectivity index (χ4v) is 2.39. The molecule has 1 aromatic rings. The van der Waals surface area contributed by atoms with Crippen molar-refractivity contribution >= 4 is 29.4 Å². The number of carboxylic acids is 1. The van der Waals surface area contributed by atoms with Crippen LogP contribution in [0.25, 0.3) is 0 Å². The number of hydrogen-bond donors (Lipinski definition) is 2. The van der Waals surface area contributed by atoms with Gasteiger partial charge in [-0.05, 0) is 30.7 Å². The van der Waals surface area contributed by atoms with Gasteiger partial charge in [-0.25, -0.2) is 4.79 Å². The Morgan fingerprint density at radius 3 is 2.70 bits per heavy atom. The Hall–Kier alpha value is -2.08. The number of hydrogen-bond acceptors (Lipinski definition) is 3. The topological polar surface area (TPSA) is 86.7 Å². The van der Waals surface area contributed by atoms with Gasteiger partial charge in [0.1, 0.15) is 12.6 Å². The van der Waals surface area contributed by atoms with Gasteiger partial charge in [-0.2, -0.15) is 0 Å². The maximum absolute atomic E-state index is 12.4. The summed E-state index contributed by atoms with van der Waals surface area (Å²) in [5.74, 6) is -2.05. The number of carboxylic acid groups (broad SMARTS) is 1. The van der Waals surface area contributed by atoms with E-state index in [1.807, 2.05) is 0 Å². The number of carbonyl (C=O) groups is 3. The molecule has 1 saturated heterocycles. The van der Waals surface area contributed by atoms with Crippen LogP contribution >= 0.6 is 11.6 Å². The van der Waals surface area contributed by atoms with Gasteiger partial charge in [0.25, 0.3) is 5.91 Å². The smallest absolute Gasteiger partial charge is 0.328 e. The van der Waals surface area contributed by atoms with E-state index in [0.717, 1.165) is 10.5 Å². The Kier molecular flexibility index (Phi) is 3.94. The summed E-state index contributed by atoms with van der Waals surface area (Å²) in [4.78, 5) is 36.0. The van der Waals surface area contributed by atoms with Gasteiger partial charge < -0.3 is 15.3 Å². The van der Waals surface area contributed by atoms with E-state index < -0.39 is 17.9 Å². The van der Waals surface area contributed by atoms with Crippen molar-refractivity contribution in [2.24, 2.45) is 0 Å². The molecule has 0 aliphatic carbocycles. The second-order valence-electron chi connectivity index (χ2n) is 4.61. The number of carbonyl (C=O) groups excluding carboxylic acids is 2. The zero-order valence-corrected chi connectivity index (χ0v) is 11.5. The number of nitrogens with zero attached hydrogens (tertiary/aromatic N) is 1. The molecule has 7 heteroatoms. The maximum atomic E-state index is 12.4. The highest BCUT2D eigenvalue weighted by Crippen LogP contribution is 2.18. The van der Waals surface area contributed by atoms with Crippen molar-refractivity contribution in [2.45, 2.75) is 13.0 Å². The standard InChI is InChI=1S/C13H13ClN2O4/c1-7-2-8(4-9(14)3-7)12(18)16-6-11(17)15-5-10(16)13(19)20/h2-4,10H,5-6H2,1H3,(H,15,17)(H,19,20). The summed E-state index contributed by atoms with van der Waals surface area (Å²) in [6.45, 7) is 1.40. The Bertz CT molecular complexity index is 567. The highest BCUT2D eigenvalue weighted by atomic mass is 35.5. The first kappa shape index (κ1) is 14.3. The zero-order chi connectivity index (χ0) is 14.9. The molecule has 106 valence electrons. The molecule has 1 aliphatic heterocycles. The molecule has 0 saturated carbocycles. The molecule has 2 N–H and O–H groups in total. The van der Waals surface area contributed by atoms with Crippen molar-refractivity contribution in [3.63, 3.8) is 0 Å². The lowest BCUT2D eigenvalue weighted by molar-refractivity contribution is -0.144. The predicted molar refractivity (Wildman–Crippen MR) is 71.7 cm³/mol. The molecule has 2 rings (SSSR count). The predicted octanol–water partition coefficient (Wildman–Crippen LogP) is 0.674. The minimum absolute atomic E-state index is 0.0978. The summed E-state index contributed by atoms with van der Waals surface area (Å²) >= 11 is 5.89.